The van der Waals surface area contributed by atoms with E-state index in [9.17, 15) is 10.1 Å². The van der Waals surface area contributed by atoms with Gasteiger partial charge in [-0.1, -0.05) is 36.4 Å². The number of nitrogens with zero attached hydrogens (tertiary/aromatic N) is 3. The van der Waals surface area contributed by atoms with Gasteiger partial charge in [0.1, 0.15) is 5.71 Å². The highest BCUT2D eigenvalue weighted by Gasteiger charge is 2.37. The number of hydrogen-bond acceptors (Lipinski definition) is 8. The zero-order valence-electron chi connectivity index (χ0n) is 16.2. The number of ether oxygens (including phenoxy) is 1. The normalized spacial score (nSPS) is 18.1. The van der Waals surface area contributed by atoms with Gasteiger partial charge in [-0.25, -0.2) is 0 Å². The number of benzene rings is 3. The highest BCUT2D eigenvalue weighted by Crippen LogP contribution is 2.28. The molecule has 1 saturated heterocycles. The van der Waals surface area contributed by atoms with E-state index in [1.165, 1.54) is 12.1 Å². The predicted octanol–water partition coefficient (Wildman–Crippen LogP) is 4.58. The lowest BCUT2D eigenvalue weighted by Crippen LogP contribution is -2.19. The summed E-state index contributed by atoms with van der Waals surface area (Å²) in [5.41, 5.74) is 8.57. The first-order valence-electron chi connectivity index (χ1n) is 9.39. The third-order valence-electron chi connectivity index (χ3n) is 4.50. The SMILES string of the molecule is N=C1O[C@H](c2ccc([N+](=O)[O-])cc2)C(=N/Nc2ccccc2)/C1=N\Nc1ccccc1. The van der Waals surface area contributed by atoms with Crippen molar-refractivity contribution in [3.8, 4) is 0 Å². The van der Waals surface area contributed by atoms with Crippen molar-refractivity contribution in [1.82, 2.24) is 0 Å². The molecule has 1 heterocycles. The Labute approximate surface area is 177 Å². The molecule has 0 radical (unpaired) electrons. The van der Waals surface area contributed by atoms with E-state index in [1.807, 2.05) is 60.7 Å². The van der Waals surface area contributed by atoms with E-state index in [1.54, 1.807) is 12.1 Å². The van der Waals surface area contributed by atoms with Crippen LogP contribution in [0.2, 0.25) is 0 Å². The quantitative estimate of drug-likeness (QED) is 0.402. The van der Waals surface area contributed by atoms with Gasteiger partial charge >= 0.3 is 0 Å². The van der Waals surface area contributed by atoms with Crippen molar-refractivity contribution in [1.29, 1.82) is 5.41 Å². The maximum atomic E-state index is 11.0. The second-order valence-electron chi connectivity index (χ2n) is 6.59. The Morgan fingerprint density at radius 1 is 0.839 bits per heavy atom. The number of nitro benzene ring substituents is 1. The third kappa shape index (κ3) is 4.56. The molecule has 0 saturated carbocycles. The molecule has 3 N–H and O–H groups in total. The Morgan fingerprint density at radius 3 is 1.94 bits per heavy atom. The number of nitrogens with one attached hydrogen (secondary N) is 3. The number of non-ortho nitro benzene ring substituents is 1. The molecule has 0 spiro atoms. The molecule has 1 atom stereocenters. The summed E-state index contributed by atoms with van der Waals surface area (Å²) in [5, 5.41) is 28.0. The fourth-order valence-corrected chi connectivity index (χ4v) is 2.96. The molecule has 9 heteroatoms. The van der Waals surface area contributed by atoms with Gasteiger partial charge in [-0.05, 0) is 42.0 Å². The lowest BCUT2D eigenvalue weighted by atomic mass is 10.0. The van der Waals surface area contributed by atoms with Crippen molar-refractivity contribution < 1.29 is 9.66 Å². The van der Waals surface area contributed by atoms with Gasteiger partial charge in [0, 0.05) is 12.1 Å². The maximum Gasteiger partial charge on any atom is 0.269 e. The number of rotatable bonds is 6. The number of hydrazone groups is 2. The maximum absolute atomic E-state index is 11.0. The Morgan fingerprint density at radius 2 is 1.39 bits per heavy atom. The molecule has 0 bridgehead atoms. The van der Waals surface area contributed by atoms with Crippen LogP contribution in [0, 0.1) is 15.5 Å². The van der Waals surface area contributed by atoms with Crippen LogP contribution in [0.3, 0.4) is 0 Å². The molecule has 0 aliphatic carbocycles. The Bertz CT molecular complexity index is 1140. The van der Waals surface area contributed by atoms with Gasteiger partial charge in [-0.2, -0.15) is 10.2 Å². The molecule has 31 heavy (non-hydrogen) atoms. The third-order valence-corrected chi connectivity index (χ3v) is 4.50. The van der Waals surface area contributed by atoms with E-state index in [4.69, 9.17) is 10.1 Å². The van der Waals surface area contributed by atoms with Crippen molar-refractivity contribution in [2.24, 2.45) is 10.2 Å². The molecular weight excluding hydrogens is 396 g/mol. The van der Waals surface area contributed by atoms with Crippen LogP contribution >= 0.6 is 0 Å². The fraction of sp³-hybridized carbons (Fsp3) is 0.0455. The van der Waals surface area contributed by atoms with Gasteiger partial charge in [0.25, 0.3) is 5.69 Å². The van der Waals surface area contributed by atoms with E-state index < -0.39 is 11.0 Å². The second-order valence-corrected chi connectivity index (χ2v) is 6.59. The highest BCUT2D eigenvalue weighted by molar-refractivity contribution is 6.69. The number of nitro groups is 1. The average molecular weight is 414 g/mol. The van der Waals surface area contributed by atoms with E-state index in [0.717, 1.165) is 11.4 Å². The highest BCUT2D eigenvalue weighted by atomic mass is 16.6. The summed E-state index contributed by atoms with van der Waals surface area (Å²) in [6.07, 6.45) is -0.735. The van der Waals surface area contributed by atoms with Crippen LogP contribution in [0.4, 0.5) is 17.1 Å². The van der Waals surface area contributed by atoms with Crippen LogP contribution in [0.5, 0.6) is 0 Å². The smallest absolute Gasteiger partial charge is 0.269 e. The molecule has 0 amide bonds. The van der Waals surface area contributed by atoms with E-state index >= 15 is 0 Å². The van der Waals surface area contributed by atoms with Crippen LogP contribution in [-0.4, -0.2) is 22.2 Å². The standard InChI is InChI=1S/C22H18N6O3/c23-22-20(27-25-17-9-5-2-6-10-17)19(26-24-16-7-3-1-4-8-16)21(31-22)15-11-13-18(14-12-15)28(29)30/h1-14,21,23-25H/b23-22?,26-19+,27-20+/t21-/m1/s1. The molecule has 4 rings (SSSR count). The molecule has 1 fully saturated rings. The minimum Gasteiger partial charge on any atom is -0.461 e. The molecular formula is C22H18N6O3. The zero-order chi connectivity index (χ0) is 21.6. The van der Waals surface area contributed by atoms with E-state index in [-0.39, 0.29) is 17.3 Å². The molecule has 9 nitrogen and oxygen atoms in total. The first-order chi connectivity index (χ1) is 15.1. The van der Waals surface area contributed by atoms with Gasteiger partial charge in [0.2, 0.25) is 5.90 Å². The van der Waals surface area contributed by atoms with Gasteiger partial charge in [-0.3, -0.25) is 26.4 Å². The van der Waals surface area contributed by atoms with E-state index in [2.05, 4.69) is 21.1 Å². The molecule has 1 aliphatic heterocycles. The zero-order valence-corrected chi connectivity index (χ0v) is 16.2. The van der Waals surface area contributed by atoms with Crippen molar-refractivity contribution in [2.75, 3.05) is 10.9 Å². The van der Waals surface area contributed by atoms with Crippen molar-refractivity contribution in [2.45, 2.75) is 6.10 Å². The van der Waals surface area contributed by atoms with Crippen LogP contribution in [0.15, 0.2) is 95.1 Å². The van der Waals surface area contributed by atoms with Crippen molar-refractivity contribution >= 4 is 34.4 Å². The molecule has 0 unspecified atom stereocenters. The Hall–Kier alpha value is -4.53. The summed E-state index contributed by atoms with van der Waals surface area (Å²) >= 11 is 0. The van der Waals surface area contributed by atoms with E-state index in [0.29, 0.717) is 11.3 Å². The minimum atomic E-state index is -0.735. The average Bonchev–Trinajstić information content (AvgIpc) is 3.12. The number of para-hydroxylation sites is 2. The van der Waals surface area contributed by atoms with Crippen LogP contribution in [-0.2, 0) is 4.74 Å². The molecule has 0 aromatic heterocycles. The van der Waals surface area contributed by atoms with Gasteiger partial charge in [0.15, 0.2) is 11.8 Å². The summed E-state index contributed by atoms with van der Waals surface area (Å²) in [5.74, 6) is -0.152. The number of anilines is 2. The monoisotopic (exact) mass is 414 g/mol. The topological polar surface area (TPSA) is 125 Å². The summed E-state index contributed by atoms with van der Waals surface area (Å²) in [7, 11) is 0. The molecule has 3 aromatic carbocycles. The molecule has 1 aliphatic rings. The summed E-state index contributed by atoms with van der Waals surface area (Å²) in [6.45, 7) is 0. The Kier molecular flexibility index (Phi) is 5.66. The largest absolute Gasteiger partial charge is 0.461 e. The summed E-state index contributed by atoms with van der Waals surface area (Å²) in [6, 6.07) is 24.6. The number of hydrogen-bond donors (Lipinski definition) is 3. The second kappa shape index (κ2) is 8.87. The lowest BCUT2D eigenvalue weighted by molar-refractivity contribution is -0.384. The van der Waals surface area contributed by atoms with Crippen molar-refractivity contribution in [3.05, 3.63) is 101 Å². The summed E-state index contributed by atoms with van der Waals surface area (Å²) in [4.78, 5) is 10.5. The molecule has 3 aromatic rings. The minimum absolute atomic E-state index is 0.0302. The van der Waals surface area contributed by atoms with Gasteiger partial charge < -0.3 is 4.74 Å². The first-order valence-corrected chi connectivity index (χ1v) is 9.39. The van der Waals surface area contributed by atoms with Crippen LogP contribution in [0.1, 0.15) is 11.7 Å². The lowest BCUT2D eigenvalue weighted by Gasteiger charge is -2.11. The first kappa shape index (κ1) is 19.8. The fourth-order valence-electron chi connectivity index (χ4n) is 2.96. The summed E-state index contributed by atoms with van der Waals surface area (Å²) < 4.78 is 5.72. The van der Waals surface area contributed by atoms with Crippen LogP contribution < -0.4 is 10.9 Å². The Balaban J connectivity index is 1.68. The van der Waals surface area contributed by atoms with Crippen LogP contribution in [0.25, 0.3) is 0 Å². The predicted molar refractivity (Wildman–Crippen MR) is 120 cm³/mol. The molecule has 154 valence electrons. The van der Waals surface area contributed by atoms with Gasteiger partial charge in [-0.15, -0.1) is 0 Å². The van der Waals surface area contributed by atoms with Crippen molar-refractivity contribution in [3.63, 3.8) is 0 Å². The van der Waals surface area contributed by atoms with Gasteiger partial charge in [0.05, 0.1) is 16.3 Å².